The van der Waals surface area contributed by atoms with Crippen molar-refractivity contribution in [3.8, 4) is 5.75 Å². The molecular weight excluding hydrogens is 192 g/mol. The van der Waals surface area contributed by atoms with E-state index >= 15 is 0 Å². The fourth-order valence-electron chi connectivity index (χ4n) is 1.86. The van der Waals surface area contributed by atoms with Gasteiger partial charge in [-0.25, -0.2) is 0 Å². The molecule has 15 heavy (non-hydrogen) atoms. The van der Waals surface area contributed by atoms with Gasteiger partial charge in [-0.1, -0.05) is 6.07 Å². The second-order valence-electron chi connectivity index (χ2n) is 3.93. The molecular formula is C11H14N2O2. The van der Waals surface area contributed by atoms with E-state index in [0.717, 1.165) is 18.4 Å². The van der Waals surface area contributed by atoms with E-state index < -0.39 is 5.41 Å². The van der Waals surface area contributed by atoms with E-state index in [-0.39, 0.29) is 11.7 Å². The minimum absolute atomic E-state index is 0.0209. The molecule has 0 unspecified atom stereocenters. The first kappa shape index (κ1) is 9.83. The van der Waals surface area contributed by atoms with Crippen molar-refractivity contribution in [2.45, 2.75) is 18.3 Å². The van der Waals surface area contributed by atoms with Gasteiger partial charge in [0.05, 0.1) is 11.1 Å². The van der Waals surface area contributed by atoms with E-state index in [1.54, 1.807) is 19.2 Å². The fraction of sp³-hybridized carbons (Fsp3) is 0.364. The predicted molar refractivity (Wildman–Crippen MR) is 57.5 cm³/mol. The van der Waals surface area contributed by atoms with Crippen LogP contribution in [0.2, 0.25) is 0 Å². The van der Waals surface area contributed by atoms with Gasteiger partial charge in [-0.05, 0) is 30.5 Å². The number of likely N-dealkylation sites (N-methyl/N-ethyl adjacent to an activating group) is 1. The zero-order valence-corrected chi connectivity index (χ0v) is 8.58. The number of benzene rings is 1. The van der Waals surface area contributed by atoms with Crippen molar-refractivity contribution >= 4 is 11.6 Å². The van der Waals surface area contributed by atoms with Crippen molar-refractivity contribution in [2.75, 3.05) is 12.8 Å². The number of rotatable bonds is 2. The molecule has 80 valence electrons. The Morgan fingerprint density at radius 2 is 2.20 bits per heavy atom. The van der Waals surface area contributed by atoms with Crippen LogP contribution in [0.15, 0.2) is 18.2 Å². The van der Waals surface area contributed by atoms with Gasteiger partial charge in [0.25, 0.3) is 0 Å². The van der Waals surface area contributed by atoms with Crippen molar-refractivity contribution in [3.63, 3.8) is 0 Å². The summed E-state index contributed by atoms with van der Waals surface area (Å²) in [6, 6.07) is 4.97. The van der Waals surface area contributed by atoms with Crippen LogP contribution < -0.4 is 11.1 Å². The van der Waals surface area contributed by atoms with Crippen LogP contribution in [0.3, 0.4) is 0 Å². The second kappa shape index (κ2) is 3.15. The third kappa shape index (κ3) is 1.42. The Balaban J connectivity index is 2.38. The molecule has 2 rings (SSSR count). The molecule has 4 N–H and O–H groups in total. The van der Waals surface area contributed by atoms with Crippen molar-refractivity contribution in [1.82, 2.24) is 5.32 Å². The summed E-state index contributed by atoms with van der Waals surface area (Å²) >= 11 is 0. The molecule has 1 fully saturated rings. The predicted octanol–water partition coefficient (Wildman–Crippen LogP) is 0.752. The molecule has 0 spiro atoms. The topological polar surface area (TPSA) is 75.3 Å². The molecule has 0 saturated heterocycles. The van der Waals surface area contributed by atoms with Crippen molar-refractivity contribution < 1.29 is 9.90 Å². The number of amides is 1. The number of carbonyl (C=O) groups excluding carboxylic acids is 1. The lowest BCUT2D eigenvalue weighted by Gasteiger charge is -2.14. The lowest BCUT2D eigenvalue weighted by molar-refractivity contribution is -0.123. The molecule has 0 aliphatic heterocycles. The zero-order chi connectivity index (χ0) is 11.1. The first-order chi connectivity index (χ1) is 7.10. The van der Waals surface area contributed by atoms with Crippen molar-refractivity contribution in [2.24, 2.45) is 0 Å². The van der Waals surface area contributed by atoms with Crippen LogP contribution in [-0.4, -0.2) is 18.1 Å². The molecule has 0 atom stereocenters. The molecule has 1 amide bonds. The van der Waals surface area contributed by atoms with Gasteiger partial charge in [-0.15, -0.1) is 0 Å². The Kier molecular flexibility index (Phi) is 2.07. The molecule has 1 saturated carbocycles. The van der Waals surface area contributed by atoms with Crippen molar-refractivity contribution in [1.29, 1.82) is 0 Å². The summed E-state index contributed by atoms with van der Waals surface area (Å²) in [5, 5.41) is 12.0. The van der Waals surface area contributed by atoms with E-state index in [4.69, 9.17) is 5.73 Å². The van der Waals surface area contributed by atoms with Gasteiger partial charge < -0.3 is 16.2 Å². The van der Waals surface area contributed by atoms with Gasteiger partial charge in [-0.3, -0.25) is 4.79 Å². The smallest absolute Gasteiger partial charge is 0.230 e. The van der Waals surface area contributed by atoms with Gasteiger partial charge in [0.1, 0.15) is 5.75 Å². The lowest BCUT2D eigenvalue weighted by atomic mass is 9.94. The Bertz CT molecular complexity index is 411. The summed E-state index contributed by atoms with van der Waals surface area (Å²) in [6.07, 6.45) is 1.69. The van der Waals surface area contributed by atoms with Gasteiger partial charge in [0.15, 0.2) is 0 Å². The summed E-state index contributed by atoms with van der Waals surface area (Å²) < 4.78 is 0. The quantitative estimate of drug-likeness (QED) is 0.493. The number of nitrogens with one attached hydrogen (secondary N) is 1. The average Bonchev–Trinajstić information content (AvgIpc) is 3.02. The van der Waals surface area contributed by atoms with E-state index in [2.05, 4.69) is 5.32 Å². The maximum atomic E-state index is 11.7. The number of aromatic hydroxyl groups is 1. The highest BCUT2D eigenvalue weighted by Crippen LogP contribution is 2.49. The molecule has 0 bridgehead atoms. The molecule has 1 aliphatic rings. The number of phenols is 1. The van der Waals surface area contributed by atoms with E-state index in [1.165, 1.54) is 6.07 Å². The van der Waals surface area contributed by atoms with Gasteiger partial charge in [0, 0.05) is 7.05 Å². The Hall–Kier alpha value is -1.71. The fourth-order valence-corrected chi connectivity index (χ4v) is 1.86. The maximum Gasteiger partial charge on any atom is 0.230 e. The van der Waals surface area contributed by atoms with Crippen LogP contribution in [0, 0.1) is 0 Å². The third-order valence-corrected chi connectivity index (χ3v) is 2.99. The lowest BCUT2D eigenvalue weighted by Crippen LogP contribution is -2.31. The zero-order valence-electron chi connectivity index (χ0n) is 8.58. The summed E-state index contributed by atoms with van der Waals surface area (Å²) in [7, 11) is 1.63. The average molecular weight is 206 g/mol. The van der Waals surface area contributed by atoms with Crippen LogP contribution >= 0.6 is 0 Å². The first-order valence-corrected chi connectivity index (χ1v) is 4.91. The molecule has 1 aliphatic carbocycles. The summed E-state index contributed by atoms with van der Waals surface area (Å²) in [5.41, 5.74) is 6.41. The Labute approximate surface area is 88.1 Å². The third-order valence-electron chi connectivity index (χ3n) is 2.99. The van der Waals surface area contributed by atoms with E-state index in [0.29, 0.717) is 5.69 Å². The van der Waals surface area contributed by atoms with Crippen LogP contribution in [0.4, 0.5) is 5.69 Å². The monoisotopic (exact) mass is 206 g/mol. The number of anilines is 1. The largest absolute Gasteiger partial charge is 0.506 e. The van der Waals surface area contributed by atoms with Crippen LogP contribution in [0.5, 0.6) is 5.75 Å². The minimum atomic E-state index is -0.406. The summed E-state index contributed by atoms with van der Waals surface area (Å²) in [6.45, 7) is 0. The number of hydrogen-bond donors (Lipinski definition) is 3. The number of carbonyl (C=O) groups is 1. The number of phenolic OH excluding ortho intramolecular Hbond substituents is 1. The molecule has 0 radical (unpaired) electrons. The number of nitrogens with two attached hydrogens (primary N) is 1. The van der Waals surface area contributed by atoms with E-state index in [9.17, 15) is 9.90 Å². The first-order valence-electron chi connectivity index (χ1n) is 4.91. The van der Waals surface area contributed by atoms with E-state index in [1.807, 2.05) is 0 Å². The summed E-state index contributed by atoms with van der Waals surface area (Å²) in [4.78, 5) is 11.7. The van der Waals surface area contributed by atoms with Gasteiger partial charge in [0.2, 0.25) is 5.91 Å². The van der Waals surface area contributed by atoms with Gasteiger partial charge >= 0.3 is 0 Å². The molecule has 1 aromatic carbocycles. The Morgan fingerprint density at radius 3 is 2.67 bits per heavy atom. The maximum absolute atomic E-state index is 11.7. The summed E-state index contributed by atoms with van der Waals surface area (Å²) in [5.74, 6) is 0.0825. The van der Waals surface area contributed by atoms with Crippen molar-refractivity contribution in [3.05, 3.63) is 23.8 Å². The molecule has 0 aromatic heterocycles. The van der Waals surface area contributed by atoms with Gasteiger partial charge in [-0.2, -0.15) is 0 Å². The molecule has 4 nitrogen and oxygen atoms in total. The highest BCUT2D eigenvalue weighted by Gasteiger charge is 2.50. The van der Waals surface area contributed by atoms with Crippen LogP contribution in [0.1, 0.15) is 18.4 Å². The molecule has 4 heteroatoms. The van der Waals surface area contributed by atoms with Crippen LogP contribution in [-0.2, 0) is 10.2 Å². The van der Waals surface area contributed by atoms with Crippen LogP contribution in [0.25, 0.3) is 0 Å². The number of nitrogen functional groups attached to an aromatic ring is 1. The standard InChI is InChI=1S/C11H14N2O2/c1-13-10(15)11(4-5-11)7-2-3-9(14)8(12)6-7/h2-3,6,14H,4-5,12H2,1H3,(H,13,15). The normalized spacial score (nSPS) is 17.1. The minimum Gasteiger partial charge on any atom is -0.506 e. The SMILES string of the molecule is CNC(=O)C1(c2ccc(O)c(N)c2)CC1. The highest BCUT2D eigenvalue weighted by molar-refractivity contribution is 5.91. The molecule has 1 aromatic rings. The highest BCUT2D eigenvalue weighted by atomic mass is 16.3. The molecule has 0 heterocycles. The Morgan fingerprint density at radius 1 is 1.53 bits per heavy atom. The number of hydrogen-bond acceptors (Lipinski definition) is 3. The second-order valence-corrected chi connectivity index (χ2v) is 3.93.